The highest BCUT2D eigenvalue weighted by Crippen LogP contribution is 2.42. The van der Waals surface area contributed by atoms with E-state index in [1.807, 2.05) is 6.92 Å². The van der Waals surface area contributed by atoms with Crippen LogP contribution in [0.5, 0.6) is 0 Å². The van der Waals surface area contributed by atoms with Crippen molar-refractivity contribution < 1.29 is 4.79 Å². The van der Waals surface area contributed by atoms with Gasteiger partial charge in [0.25, 0.3) is 0 Å². The molecule has 0 aromatic carbocycles. The monoisotopic (exact) mass is 223 g/mol. The fraction of sp³-hybridized carbons (Fsp3) is 0.929. The van der Waals surface area contributed by atoms with Crippen LogP contribution in [0.4, 0.5) is 0 Å². The van der Waals surface area contributed by atoms with Gasteiger partial charge in [0.05, 0.1) is 5.54 Å². The van der Waals surface area contributed by atoms with Crippen molar-refractivity contribution in [2.24, 2.45) is 23.5 Å². The summed E-state index contributed by atoms with van der Waals surface area (Å²) in [6, 6.07) is 0. The van der Waals surface area contributed by atoms with E-state index in [1.165, 1.54) is 19.3 Å². The molecule has 92 valence electrons. The quantitative estimate of drug-likeness (QED) is 0.796. The number of hydrogen-bond donors (Lipinski definition) is 1. The minimum atomic E-state index is -0.527. The number of rotatable bonds is 4. The molecule has 0 saturated heterocycles. The average Bonchev–Trinajstić information content (AvgIpc) is 3.12. The van der Waals surface area contributed by atoms with E-state index in [0.717, 1.165) is 31.6 Å². The topological polar surface area (TPSA) is 43.1 Å². The molecule has 2 saturated carbocycles. The summed E-state index contributed by atoms with van der Waals surface area (Å²) in [7, 11) is 0. The van der Waals surface area contributed by atoms with Crippen molar-refractivity contribution in [3.63, 3.8) is 0 Å². The van der Waals surface area contributed by atoms with Gasteiger partial charge in [0.2, 0.25) is 0 Å². The van der Waals surface area contributed by atoms with E-state index in [0.29, 0.717) is 11.7 Å². The molecule has 2 aliphatic carbocycles. The second-order valence-corrected chi connectivity index (χ2v) is 6.06. The van der Waals surface area contributed by atoms with Crippen LogP contribution in [0.3, 0.4) is 0 Å². The average molecular weight is 223 g/mol. The van der Waals surface area contributed by atoms with Crippen LogP contribution in [0.25, 0.3) is 0 Å². The van der Waals surface area contributed by atoms with Crippen molar-refractivity contribution >= 4 is 5.78 Å². The molecule has 0 bridgehead atoms. The van der Waals surface area contributed by atoms with Gasteiger partial charge in [-0.15, -0.1) is 0 Å². The van der Waals surface area contributed by atoms with Crippen molar-refractivity contribution in [1.29, 1.82) is 0 Å². The first-order valence-electron chi connectivity index (χ1n) is 6.88. The molecule has 3 unspecified atom stereocenters. The van der Waals surface area contributed by atoms with Crippen LogP contribution in [0.2, 0.25) is 0 Å². The van der Waals surface area contributed by atoms with E-state index in [1.54, 1.807) is 0 Å². The summed E-state index contributed by atoms with van der Waals surface area (Å²) in [6.07, 6.45) is 8.23. The zero-order chi connectivity index (χ0) is 11.8. The third kappa shape index (κ3) is 2.32. The van der Waals surface area contributed by atoms with E-state index in [9.17, 15) is 4.79 Å². The highest BCUT2D eigenvalue weighted by atomic mass is 16.1. The summed E-state index contributed by atoms with van der Waals surface area (Å²) in [6.45, 7) is 4.20. The van der Waals surface area contributed by atoms with Crippen molar-refractivity contribution in [3.8, 4) is 0 Å². The Balaban J connectivity index is 1.98. The van der Waals surface area contributed by atoms with E-state index in [4.69, 9.17) is 5.73 Å². The molecule has 2 aliphatic rings. The Morgan fingerprint density at radius 2 is 2.00 bits per heavy atom. The maximum atomic E-state index is 12.4. The van der Waals surface area contributed by atoms with Gasteiger partial charge < -0.3 is 5.73 Å². The molecule has 2 N–H and O–H groups in total. The molecule has 0 heterocycles. The number of carbonyl (C=O) groups is 1. The van der Waals surface area contributed by atoms with E-state index in [-0.39, 0.29) is 5.92 Å². The molecule has 2 rings (SSSR count). The molecule has 2 nitrogen and oxygen atoms in total. The van der Waals surface area contributed by atoms with Gasteiger partial charge in [0.1, 0.15) is 0 Å². The van der Waals surface area contributed by atoms with Gasteiger partial charge in [-0.25, -0.2) is 0 Å². The molecule has 0 radical (unpaired) electrons. The molecular formula is C14H25NO. The molecule has 0 spiro atoms. The Labute approximate surface area is 99.0 Å². The van der Waals surface area contributed by atoms with Gasteiger partial charge in [-0.05, 0) is 44.4 Å². The van der Waals surface area contributed by atoms with Gasteiger partial charge in [-0.2, -0.15) is 0 Å². The van der Waals surface area contributed by atoms with Crippen LogP contribution in [-0.2, 0) is 4.79 Å². The van der Waals surface area contributed by atoms with Crippen molar-refractivity contribution in [2.45, 2.75) is 64.3 Å². The van der Waals surface area contributed by atoms with Crippen molar-refractivity contribution in [3.05, 3.63) is 0 Å². The first kappa shape index (κ1) is 12.1. The molecule has 2 fully saturated rings. The molecule has 0 aromatic rings. The van der Waals surface area contributed by atoms with Crippen LogP contribution >= 0.6 is 0 Å². The minimum absolute atomic E-state index is 0.259. The zero-order valence-corrected chi connectivity index (χ0v) is 10.7. The van der Waals surface area contributed by atoms with Gasteiger partial charge in [-0.3, -0.25) is 4.79 Å². The lowest BCUT2D eigenvalue weighted by Gasteiger charge is -2.33. The normalized spacial score (nSPS) is 34.4. The van der Waals surface area contributed by atoms with Gasteiger partial charge in [-0.1, -0.05) is 26.2 Å². The van der Waals surface area contributed by atoms with Crippen molar-refractivity contribution in [2.75, 3.05) is 0 Å². The summed E-state index contributed by atoms with van der Waals surface area (Å²) in [5.41, 5.74) is 5.71. The van der Waals surface area contributed by atoms with E-state index in [2.05, 4.69) is 6.92 Å². The smallest absolute Gasteiger partial charge is 0.155 e. The zero-order valence-electron chi connectivity index (χ0n) is 10.7. The minimum Gasteiger partial charge on any atom is -0.319 e. The lowest BCUT2D eigenvalue weighted by atomic mass is 9.73. The number of hydrogen-bond acceptors (Lipinski definition) is 2. The number of nitrogens with two attached hydrogens (primary N) is 1. The second-order valence-electron chi connectivity index (χ2n) is 6.06. The summed E-state index contributed by atoms with van der Waals surface area (Å²) in [5.74, 6) is 1.85. The number of carbonyl (C=O) groups excluding carboxylic acids is 1. The van der Waals surface area contributed by atoms with Crippen molar-refractivity contribution in [1.82, 2.24) is 0 Å². The molecule has 0 aliphatic heterocycles. The fourth-order valence-corrected chi connectivity index (χ4v) is 3.22. The Morgan fingerprint density at radius 1 is 1.31 bits per heavy atom. The largest absolute Gasteiger partial charge is 0.319 e. The molecule has 0 amide bonds. The molecule has 16 heavy (non-hydrogen) atoms. The van der Waals surface area contributed by atoms with E-state index < -0.39 is 5.54 Å². The molecule has 2 heteroatoms. The first-order valence-corrected chi connectivity index (χ1v) is 6.88. The Bertz CT molecular complexity index is 268. The number of ketones is 1. The maximum Gasteiger partial charge on any atom is 0.155 e. The van der Waals surface area contributed by atoms with Crippen LogP contribution in [0.15, 0.2) is 0 Å². The highest BCUT2D eigenvalue weighted by Gasteiger charge is 2.46. The molecular weight excluding hydrogens is 198 g/mol. The third-order valence-electron chi connectivity index (χ3n) is 4.69. The van der Waals surface area contributed by atoms with E-state index >= 15 is 0 Å². The Kier molecular flexibility index (Phi) is 3.39. The number of Topliss-reactive ketones (excluding diaryl/α,β-unsaturated/α-hetero) is 1. The molecule has 0 aromatic heterocycles. The maximum absolute atomic E-state index is 12.4. The summed E-state index contributed by atoms with van der Waals surface area (Å²) < 4.78 is 0. The summed E-state index contributed by atoms with van der Waals surface area (Å²) in [4.78, 5) is 12.4. The highest BCUT2D eigenvalue weighted by molar-refractivity contribution is 5.90. The van der Waals surface area contributed by atoms with Crippen LogP contribution in [0, 0.1) is 17.8 Å². The SMILES string of the molecule is CCC1CCCC(C(=O)C(C)(N)C2CC2)C1. The predicted molar refractivity (Wildman–Crippen MR) is 66.1 cm³/mol. The summed E-state index contributed by atoms with van der Waals surface area (Å²) in [5, 5.41) is 0. The first-order chi connectivity index (χ1) is 7.55. The Hall–Kier alpha value is -0.370. The van der Waals surface area contributed by atoms with Gasteiger partial charge in [0.15, 0.2) is 5.78 Å². The lowest BCUT2D eigenvalue weighted by Crippen LogP contribution is -2.50. The Morgan fingerprint density at radius 3 is 2.56 bits per heavy atom. The molecule has 3 atom stereocenters. The lowest BCUT2D eigenvalue weighted by molar-refractivity contribution is -0.129. The fourth-order valence-electron chi connectivity index (χ4n) is 3.22. The van der Waals surface area contributed by atoms with Crippen LogP contribution < -0.4 is 5.73 Å². The van der Waals surface area contributed by atoms with Gasteiger partial charge in [0, 0.05) is 5.92 Å². The van der Waals surface area contributed by atoms with Crippen LogP contribution in [0.1, 0.15) is 58.8 Å². The second kappa shape index (κ2) is 4.48. The van der Waals surface area contributed by atoms with Crippen LogP contribution in [-0.4, -0.2) is 11.3 Å². The third-order valence-corrected chi connectivity index (χ3v) is 4.69. The van der Waals surface area contributed by atoms with Gasteiger partial charge >= 0.3 is 0 Å². The standard InChI is InChI=1S/C14H25NO/c1-3-10-5-4-6-11(9-10)13(16)14(2,15)12-7-8-12/h10-12H,3-9,15H2,1-2H3. The predicted octanol–water partition coefficient (Wildman–Crippen LogP) is 2.90. The summed E-state index contributed by atoms with van der Waals surface area (Å²) >= 11 is 0.